The molecule has 0 radical (unpaired) electrons. The van der Waals surface area contributed by atoms with Gasteiger partial charge in [0, 0.05) is 18.9 Å². The Kier molecular flexibility index (Phi) is 8.15. The molecule has 172 valence electrons. The molecule has 0 saturated carbocycles. The van der Waals surface area contributed by atoms with Crippen molar-refractivity contribution < 1.29 is 4.79 Å². The Hall–Kier alpha value is -1.97. The molecule has 0 bridgehead atoms. The number of aryl methyl sites for hydroxylation is 2. The minimum Gasteiger partial charge on any atom is -0.303 e. The number of nitrogens with zero attached hydrogens (tertiary/aromatic N) is 2. The summed E-state index contributed by atoms with van der Waals surface area (Å²) in [7, 11) is 0. The number of ketones is 1. The average molecular weight is 433 g/mol. The largest absolute Gasteiger partial charge is 0.303 e. The molecule has 2 aromatic rings. The van der Waals surface area contributed by atoms with Crippen molar-refractivity contribution in [2.45, 2.75) is 71.3 Å². The van der Waals surface area contributed by atoms with Crippen molar-refractivity contribution in [3.8, 4) is 11.1 Å². The van der Waals surface area contributed by atoms with Gasteiger partial charge in [0.2, 0.25) is 0 Å². The predicted octanol–water partition coefficient (Wildman–Crippen LogP) is 5.81. The molecule has 32 heavy (non-hydrogen) atoms. The molecule has 0 aliphatic carbocycles. The molecule has 2 aliphatic heterocycles. The number of hydrogen-bond donors (Lipinski definition) is 0. The van der Waals surface area contributed by atoms with Crippen molar-refractivity contribution in [2.75, 3.05) is 32.7 Å². The van der Waals surface area contributed by atoms with E-state index in [0.29, 0.717) is 18.6 Å². The van der Waals surface area contributed by atoms with E-state index in [1.54, 1.807) is 0 Å². The second kappa shape index (κ2) is 11.2. The Morgan fingerprint density at radius 3 is 2.31 bits per heavy atom. The standard InChI is InChI=1S/C29H40N2O/c1-23-8-11-26(12-9-23)29-13-10-25(21-24(29)2)22-28(32)7-6-16-30-19-14-27(15-20-30)31-17-4-3-5-18-31/h8-13,21,27H,3-7,14-20,22H2,1-2H3. The quantitative estimate of drug-likeness (QED) is 0.526. The lowest BCUT2D eigenvalue weighted by atomic mass is 9.95. The SMILES string of the molecule is Cc1ccc(-c2ccc(CC(=O)CCCN3CCC(N4CCCCC4)CC3)cc2C)cc1. The first-order valence-corrected chi connectivity index (χ1v) is 12.7. The summed E-state index contributed by atoms with van der Waals surface area (Å²) in [6, 6.07) is 16.0. The Morgan fingerprint density at radius 2 is 1.62 bits per heavy atom. The summed E-state index contributed by atoms with van der Waals surface area (Å²) in [6.45, 7) is 10.4. The minimum atomic E-state index is 0.371. The highest BCUT2D eigenvalue weighted by Crippen LogP contribution is 2.25. The molecule has 0 atom stereocenters. The maximum atomic E-state index is 12.6. The maximum absolute atomic E-state index is 12.6. The summed E-state index contributed by atoms with van der Waals surface area (Å²) in [6.07, 6.45) is 9.05. The van der Waals surface area contributed by atoms with Crippen LogP contribution in [0.4, 0.5) is 0 Å². The molecule has 0 unspecified atom stereocenters. The number of carbonyl (C=O) groups is 1. The first kappa shape index (κ1) is 23.2. The van der Waals surface area contributed by atoms with E-state index < -0.39 is 0 Å². The van der Waals surface area contributed by atoms with E-state index in [2.05, 4.69) is 66.1 Å². The summed E-state index contributed by atoms with van der Waals surface area (Å²) in [5.41, 5.74) is 6.17. The van der Waals surface area contributed by atoms with Crippen molar-refractivity contribution in [1.82, 2.24) is 9.80 Å². The van der Waals surface area contributed by atoms with Crippen LogP contribution in [-0.2, 0) is 11.2 Å². The molecule has 0 amide bonds. The van der Waals surface area contributed by atoms with Gasteiger partial charge in [-0.05, 0) is 101 Å². The van der Waals surface area contributed by atoms with E-state index in [4.69, 9.17) is 0 Å². The third-order valence-electron chi connectivity index (χ3n) is 7.45. The van der Waals surface area contributed by atoms with Gasteiger partial charge in [-0.15, -0.1) is 0 Å². The summed E-state index contributed by atoms with van der Waals surface area (Å²) in [5.74, 6) is 0.371. The van der Waals surface area contributed by atoms with E-state index in [-0.39, 0.29) is 0 Å². The Bertz CT molecular complexity index is 875. The zero-order chi connectivity index (χ0) is 22.3. The van der Waals surface area contributed by atoms with Crippen LogP contribution in [0, 0.1) is 13.8 Å². The van der Waals surface area contributed by atoms with Crippen LogP contribution in [0.5, 0.6) is 0 Å². The average Bonchev–Trinajstić information content (AvgIpc) is 2.81. The monoisotopic (exact) mass is 432 g/mol. The van der Waals surface area contributed by atoms with Crippen LogP contribution in [0.1, 0.15) is 61.6 Å². The number of piperidine rings is 2. The summed E-state index contributed by atoms with van der Waals surface area (Å²) in [5, 5.41) is 0. The summed E-state index contributed by atoms with van der Waals surface area (Å²) in [4.78, 5) is 17.9. The third kappa shape index (κ3) is 6.30. The minimum absolute atomic E-state index is 0.371. The van der Waals surface area contributed by atoms with Gasteiger partial charge in [0.15, 0.2) is 0 Å². The lowest BCUT2D eigenvalue weighted by Crippen LogP contribution is -2.46. The molecule has 3 heteroatoms. The highest BCUT2D eigenvalue weighted by Gasteiger charge is 2.25. The van der Waals surface area contributed by atoms with Crippen LogP contribution < -0.4 is 0 Å². The third-order valence-corrected chi connectivity index (χ3v) is 7.45. The Labute approximate surface area is 194 Å². The van der Waals surface area contributed by atoms with Crippen LogP contribution in [0.15, 0.2) is 42.5 Å². The van der Waals surface area contributed by atoms with Crippen molar-refractivity contribution in [3.63, 3.8) is 0 Å². The molecule has 4 rings (SSSR count). The van der Waals surface area contributed by atoms with Gasteiger partial charge in [-0.3, -0.25) is 4.79 Å². The smallest absolute Gasteiger partial charge is 0.137 e. The maximum Gasteiger partial charge on any atom is 0.137 e. The highest BCUT2D eigenvalue weighted by molar-refractivity contribution is 5.81. The van der Waals surface area contributed by atoms with Crippen LogP contribution in [0.2, 0.25) is 0 Å². The summed E-state index contributed by atoms with van der Waals surface area (Å²) < 4.78 is 0. The van der Waals surface area contributed by atoms with Gasteiger partial charge in [0.05, 0.1) is 0 Å². The molecule has 2 heterocycles. The molecule has 2 aromatic carbocycles. The van der Waals surface area contributed by atoms with Gasteiger partial charge in [-0.2, -0.15) is 0 Å². The lowest BCUT2D eigenvalue weighted by Gasteiger charge is -2.40. The van der Waals surface area contributed by atoms with E-state index in [9.17, 15) is 4.79 Å². The van der Waals surface area contributed by atoms with Crippen molar-refractivity contribution >= 4 is 5.78 Å². The van der Waals surface area contributed by atoms with Gasteiger partial charge in [-0.25, -0.2) is 0 Å². The first-order valence-electron chi connectivity index (χ1n) is 12.7. The van der Waals surface area contributed by atoms with E-state index >= 15 is 0 Å². The molecular weight excluding hydrogens is 392 g/mol. The summed E-state index contributed by atoms with van der Waals surface area (Å²) >= 11 is 0. The lowest BCUT2D eigenvalue weighted by molar-refractivity contribution is -0.118. The van der Waals surface area contributed by atoms with Gasteiger partial charge in [0.25, 0.3) is 0 Å². The fourth-order valence-corrected chi connectivity index (χ4v) is 5.50. The van der Waals surface area contributed by atoms with E-state index in [1.165, 1.54) is 80.5 Å². The second-order valence-electron chi connectivity index (χ2n) is 10.0. The molecule has 0 aromatic heterocycles. The first-order chi connectivity index (χ1) is 15.6. The van der Waals surface area contributed by atoms with Gasteiger partial charge >= 0.3 is 0 Å². The zero-order valence-electron chi connectivity index (χ0n) is 20.1. The highest BCUT2D eigenvalue weighted by atomic mass is 16.1. The zero-order valence-corrected chi connectivity index (χ0v) is 20.1. The van der Waals surface area contributed by atoms with Crippen LogP contribution in [0.3, 0.4) is 0 Å². The number of hydrogen-bond acceptors (Lipinski definition) is 3. The van der Waals surface area contributed by atoms with Gasteiger partial charge in [0.1, 0.15) is 5.78 Å². The molecule has 2 saturated heterocycles. The van der Waals surface area contributed by atoms with Crippen molar-refractivity contribution in [2.24, 2.45) is 0 Å². The molecule has 2 aliphatic rings. The van der Waals surface area contributed by atoms with Crippen molar-refractivity contribution in [1.29, 1.82) is 0 Å². The number of rotatable bonds is 8. The topological polar surface area (TPSA) is 23.6 Å². The fraction of sp³-hybridized carbons (Fsp3) is 0.552. The number of carbonyl (C=O) groups excluding carboxylic acids is 1. The van der Waals surface area contributed by atoms with Crippen LogP contribution in [-0.4, -0.2) is 54.3 Å². The van der Waals surface area contributed by atoms with Crippen molar-refractivity contribution in [3.05, 3.63) is 59.2 Å². The van der Waals surface area contributed by atoms with Crippen LogP contribution >= 0.6 is 0 Å². The molecular formula is C29H40N2O. The molecule has 2 fully saturated rings. The van der Waals surface area contributed by atoms with E-state index in [0.717, 1.165) is 24.6 Å². The predicted molar refractivity (Wildman–Crippen MR) is 134 cm³/mol. The normalized spacial score (nSPS) is 18.7. The fourth-order valence-electron chi connectivity index (χ4n) is 5.50. The van der Waals surface area contributed by atoms with Crippen LogP contribution in [0.25, 0.3) is 11.1 Å². The van der Waals surface area contributed by atoms with Gasteiger partial charge < -0.3 is 9.80 Å². The number of benzene rings is 2. The van der Waals surface area contributed by atoms with Gasteiger partial charge in [-0.1, -0.05) is 54.4 Å². The Balaban J connectivity index is 1.18. The molecule has 3 nitrogen and oxygen atoms in total. The number of Topliss-reactive ketones (excluding diaryl/α,β-unsaturated/α-hetero) is 1. The second-order valence-corrected chi connectivity index (χ2v) is 10.0. The van der Waals surface area contributed by atoms with E-state index in [1.807, 2.05) is 0 Å². The molecule has 0 spiro atoms. The number of likely N-dealkylation sites (tertiary alicyclic amines) is 2. The Morgan fingerprint density at radius 1 is 0.906 bits per heavy atom. The molecule has 0 N–H and O–H groups in total.